The minimum atomic E-state index is -1.48. The minimum Gasteiger partial charge on any atom is -0.370 e. The monoisotopic (exact) mass is 979 g/mol. The van der Waals surface area contributed by atoms with Crippen molar-refractivity contribution in [3.63, 3.8) is 0 Å². The van der Waals surface area contributed by atoms with Gasteiger partial charge in [-0.25, -0.2) is 4.68 Å². The molecule has 7 rings (SSSR count). The average molecular weight is 980 g/mol. The van der Waals surface area contributed by atoms with Crippen LogP contribution in [0.1, 0.15) is 76.8 Å². The number of nitrogens with zero attached hydrogens (tertiary/aromatic N) is 4. The number of carbonyl (C=O) groups excluding carboxylic acids is 8. The molecule has 69 heavy (non-hydrogen) atoms. The summed E-state index contributed by atoms with van der Waals surface area (Å²) in [6.45, 7) is 3.70. The Balaban J connectivity index is 1.24. The van der Waals surface area contributed by atoms with E-state index in [2.05, 4.69) is 36.9 Å². The fourth-order valence-corrected chi connectivity index (χ4v) is 10.3. The van der Waals surface area contributed by atoms with Gasteiger partial charge in [0.15, 0.2) is 0 Å². The number of nitrogens with one attached hydrogen (secondary N) is 5. The van der Waals surface area contributed by atoms with Crippen LogP contribution in [0.4, 0.5) is 0 Å². The molecule has 3 aromatic heterocycles. The lowest BCUT2D eigenvalue weighted by Crippen LogP contribution is -2.60. The van der Waals surface area contributed by atoms with Gasteiger partial charge < -0.3 is 43.0 Å². The van der Waals surface area contributed by atoms with Gasteiger partial charge in [0.25, 0.3) is 0 Å². The van der Waals surface area contributed by atoms with Gasteiger partial charge in [0.1, 0.15) is 35.9 Å². The van der Waals surface area contributed by atoms with Crippen LogP contribution in [0.3, 0.4) is 0 Å². The third kappa shape index (κ3) is 12.6. The first-order valence-corrected chi connectivity index (χ1v) is 24.8. The predicted molar refractivity (Wildman–Crippen MR) is 260 cm³/mol. The van der Waals surface area contributed by atoms with Crippen LogP contribution in [0, 0.1) is 5.92 Å². The van der Waals surface area contributed by atoms with Crippen molar-refractivity contribution in [2.45, 2.75) is 108 Å². The second-order valence-electron chi connectivity index (χ2n) is 17.5. The average Bonchev–Trinajstić information content (AvgIpc) is 4.19. The van der Waals surface area contributed by atoms with Crippen LogP contribution in [0.15, 0.2) is 77.6 Å². The maximum Gasteiger partial charge on any atom is 0.246 e. The Labute approximate surface area is 406 Å². The number of amides is 8. The van der Waals surface area contributed by atoms with Crippen molar-refractivity contribution in [2.24, 2.45) is 17.4 Å². The van der Waals surface area contributed by atoms with E-state index in [4.69, 9.17) is 11.5 Å². The molecular formula is C48H57N11O8S2. The van der Waals surface area contributed by atoms with E-state index in [0.717, 1.165) is 31.7 Å². The SMILES string of the molecule is CC[C@H](C)[C@@H]1NC(=O)[C@H](CC(N)=O)NC(=O)CCC(=O)NCCCC[C@@H](C(N)=O)NC(=O)[C@H](Cc2csc3ccccc23)NC(=O)[C@@H]2C[C@H](n3cc(-c4ccc(-c5cccs5)cc4)nn3)CN2C1=O. The zero-order chi connectivity index (χ0) is 49.2. The lowest BCUT2D eigenvalue weighted by Gasteiger charge is -2.32. The van der Waals surface area contributed by atoms with Gasteiger partial charge in [-0.2, -0.15) is 0 Å². The topological polar surface area (TPSA) is 283 Å². The summed E-state index contributed by atoms with van der Waals surface area (Å²) < 4.78 is 2.56. The molecule has 2 aliphatic heterocycles. The van der Waals surface area contributed by atoms with Crippen LogP contribution in [0.2, 0.25) is 0 Å². The van der Waals surface area contributed by atoms with Gasteiger partial charge in [0.05, 0.1) is 18.7 Å². The fourth-order valence-electron chi connectivity index (χ4n) is 8.59. The number of rotatable bonds is 10. The summed E-state index contributed by atoms with van der Waals surface area (Å²) in [7, 11) is 0. The molecule has 2 aromatic carbocycles. The number of benzene rings is 2. The summed E-state index contributed by atoms with van der Waals surface area (Å²) in [6.07, 6.45) is 1.94. The fraction of sp³-hybridized carbons (Fsp3) is 0.417. The Bertz CT molecular complexity index is 2670. The van der Waals surface area contributed by atoms with Gasteiger partial charge in [0, 0.05) is 53.9 Å². The number of hydrogen-bond donors (Lipinski definition) is 7. The summed E-state index contributed by atoms with van der Waals surface area (Å²) in [4.78, 5) is 112. The number of hydrogen-bond acceptors (Lipinski definition) is 12. The third-order valence-electron chi connectivity index (χ3n) is 12.7. The van der Waals surface area contributed by atoms with Crippen LogP contribution in [-0.2, 0) is 44.8 Å². The van der Waals surface area contributed by atoms with Gasteiger partial charge in [-0.3, -0.25) is 38.4 Å². The van der Waals surface area contributed by atoms with Crippen molar-refractivity contribution in [1.82, 2.24) is 46.5 Å². The molecule has 0 bridgehead atoms. The van der Waals surface area contributed by atoms with E-state index in [9.17, 15) is 33.6 Å². The molecule has 9 N–H and O–H groups in total. The molecule has 364 valence electrons. The number of fused-ring (bicyclic) bond motifs is 2. The normalized spacial score (nSPS) is 23.2. The Morgan fingerprint density at radius 3 is 2.29 bits per heavy atom. The van der Waals surface area contributed by atoms with Gasteiger partial charge in [-0.1, -0.05) is 74.0 Å². The molecular weight excluding hydrogens is 923 g/mol. The van der Waals surface area contributed by atoms with E-state index in [-0.39, 0.29) is 45.2 Å². The number of aromatic nitrogens is 3. The van der Waals surface area contributed by atoms with Crippen molar-refractivity contribution in [3.05, 3.63) is 83.2 Å². The molecule has 0 spiro atoms. The molecule has 2 fully saturated rings. The maximum atomic E-state index is 15.1. The molecule has 0 aliphatic carbocycles. The Hall–Kier alpha value is -7.00. The highest BCUT2D eigenvalue weighted by Gasteiger charge is 2.45. The molecule has 5 aromatic rings. The smallest absolute Gasteiger partial charge is 0.246 e. The zero-order valence-electron chi connectivity index (χ0n) is 38.4. The van der Waals surface area contributed by atoms with Crippen molar-refractivity contribution < 1.29 is 38.4 Å². The zero-order valence-corrected chi connectivity index (χ0v) is 40.0. The highest BCUT2D eigenvalue weighted by molar-refractivity contribution is 7.17. The van der Waals surface area contributed by atoms with E-state index in [0.29, 0.717) is 25.0 Å². The molecule has 2 saturated heterocycles. The summed E-state index contributed by atoms with van der Waals surface area (Å²) in [6, 6.07) is 12.6. The molecule has 0 radical (unpaired) electrons. The van der Waals surface area contributed by atoms with Crippen LogP contribution < -0.4 is 38.1 Å². The van der Waals surface area contributed by atoms with Gasteiger partial charge >= 0.3 is 0 Å². The van der Waals surface area contributed by atoms with E-state index >= 15 is 4.79 Å². The third-order valence-corrected chi connectivity index (χ3v) is 14.6. The van der Waals surface area contributed by atoms with Crippen LogP contribution in [0.25, 0.3) is 31.8 Å². The van der Waals surface area contributed by atoms with E-state index < -0.39 is 95.8 Å². The number of thiophene rings is 2. The van der Waals surface area contributed by atoms with Crippen molar-refractivity contribution in [3.8, 4) is 21.7 Å². The van der Waals surface area contributed by atoms with Crippen LogP contribution in [0.5, 0.6) is 0 Å². The molecule has 21 heteroatoms. The lowest BCUT2D eigenvalue weighted by atomic mass is 9.96. The van der Waals surface area contributed by atoms with Gasteiger partial charge in [0.2, 0.25) is 47.3 Å². The first-order valence-electron chi connectivity index (χ1n) is 23.1. The first-order chi connectivity index (χ1) is 33.2. The Morgan fingerprint density at radius 2 is 1.57 bits per heavy atom. The Morgan fingerprint density at radius 1 is 0.826 bits per heavy atom. The van der Waals surface area contributed by atoms with E-state index in [1.807, 2.05) is 78.3 Å². The Kier molecular flexibility index (Phi) is 16.5. The molecule has 2 aliphatic rings. The molecule has 5 heterocycles. The summed E-state index contributed by atoms with van der Waals surface area (Å²) in [5.41, 5.74) is 14.5. The second kappa shape index (κ2) is 22.9. The van der Waals surface area contributed by atoms with Gasteiger partial charge in [-0.05, 0) is 64.6 Å². The van der Waals surface area contributed by atoms with E-state index in [1.54, 1.807) is 29.1 Å². The summed E-state index contributed by atoms with van der Waals surface area (Å²) in [5.74, 6) is -6.21. The predicted octanol–water partition coefficient (Wildman–Crippen LogP) is 2.70. The molecule has 19 nitrogen and oxygen atoms in total. The van der Waals surface area contributed by atoms with E-state index in [1.165, 1.54) is 16.2 Å². The minimum absolute atomic E-state index is 0.0272. The maximum absolute atomic E-state index is 15.1. The van der Waals surface area contributed by atoms with Crippen molar-refractivity contribution in [1.29, 1.82) is 0 Å². The van der Waals surface area contributed by atoms with Crippen LogP contribution in [-0.4, -0.2) is 110 Å². The van der Waals surface area contributed by atoms with Crippen molar-refractivity contribution >= 4 is 80.0 Å². The standard InChI is InChI=1S/C48H57N11O8S2/c1-3-27(2)43-48(67)58-24-31(59-25-36(56-57-59)28-13-15-29(16-14-28)38-12-8-20-68-38)22-37(58)47(66)54-34(21-30-26-69-39-11-5-4-9-32(30)39)45(64)53-33(44(50)63)10-6-7-19-51-41(61)17-18-42(62)52-35(23-40(49)60)46(65)55-43/h4-5,8-9,11-16,20,25-27,31,33-35,37,43H,3,6-7,10,17-19,21-24H2,1-2H3,(H2,49,60)(H2,50,63)(H,51,61)(H,52,62)(H,53,64)(H,54,66)(H,55,65)/t27-,31-,33-,34-,35-,37-,43-/m0/s1. The highest BCUT2D eigenvalue weighted by Crippen LogP contribution is 2.32. The summed E-state index contributed by atoms with van der Waals surface area (Å²) >= 11 is 3.10. The largest absolute Gasteiger partial charge is 0.370 e. The van der Waals surface area contributed by atoms with Crippen molar-refractivity contribution in [2.75, 3.05) is 13.1 Å². The lowest BCUT2D eigenvalue weighted by molar-refractivity contribution is -0.143. The van der Waals surface area contributed by atoms with Crippen LogP contribution >= 0.6 is 22.7 Å². The molecule has 7 atom stereocenters. The first kappa shape index (κ1) is 49.9. The summed E-state index contributed by atoms with van der Waals surface area (Å²) in [5, 5.41) is 27.3. The molecule has 0 unspecified atom stereocenters. The highest BCUT2D eigenvalue weighted by atomic mass is 32.1. The van der Waals surface area contributed by atoms with Gasteiger partial charge in [-0.15, -0.1) is 27.8 Å². The number of carbonyl (C=O) groups is 8. The number of nitrogens with two attached hydrogens (primary N) is 2. The molecule has 8 amide bonds. The quantitative estimate of drug-likeness (QED) is 0.107. The molecule has 0 saturated carbocycles. The second-order valence-corrected chi connectivity index (χ2v) is 19.4. The number of primary amides is 2.